The summed E-state index contributed by atoms with van der Waals surface area (Å²) in [6.45, 7) is -1.51. The van der Waals surface area contributed by atoms with Gasteiger partial charge in [-0.05, 0) is 42.8 Å². The normalized spacial score (nSPS) is 12.3. The maximum atomic E-state index is 14.8. The largest absolute Gasteiger partial charge is 0.458 e. The summed E-state index contributed by atoms with van der Waals surface area (Å²) in [5, 5.41) is 4.70. The van der Waals surface area contributed by atoms with Crippen LogP contribution in [0.2, 0.25) is 0 Å². The predicted octanol–water partition coefficient (Wildman–Crippen LogP) is 6.34. The first-order valence-corrected chi connectivity index (χ1v) is 12.3. The molecule has 0 fully saturated rings. The average Bonchev–Trinajstić information content (AvgIpc) is 3.35. The van der Waals surface area contributed by atoms with Crippen LogP contribution in [0.1, 0.15) is 18.7 Å². The Morgan fingerprint density at radius 1 is 0.927 bits per heavy atom. The zero-order valence-electron chi connectivity index (χ0n) is 21.2. The molecule has 8 nitrogen and oxygen atoms in total. The number of benzene rings is 3. The molecule has 0 aliphatic carbocycles. The van der Waals surface area contributed by atoms with Crippen LogP contribution >= 0.6 is 0 Å². The Morgan fingerprint density at radius 2 is 1.71 bits per heavy atom. The van der Waals surface area contributed by atoms with Crippen molar-refractivity contribution in [1.82, 2.24) is 19.7 Å². The van der Waals surface area contributed by atoms with Crippen molar-refractivity contribution in [3.8, 4) is 28.1 Å². The number of fused-ring (bicyclic) bond motifs is 2. The van der Waals surface area contributed by atoms with E-state index in [1.54, 1.807) is 37.3 Å². The monoisotopic (exact) mass is 561 g/mol. The van der Waals surface area contributed by atoms with Crippen LogP contribution < -0.4 is 15.9 Å². The zero-order chi connectivity index (χ0) is 28.8. The third-order valence-electron chi connectivity index (χ3n) is 6.64. The second-order valence-electron chi connectivity index (χ2n) is 9.10. The molecule has 41 heavy (non-hydrogen) atoms. The fourth-order valence-electron chi connectivity index (χ4n) is 4.81. The molecule has 0 radical (unpaired) electrons. The summed E-state index contributed by atoms with van der Waals surface area (Å²) in [7, 11) is 0. The fourth-order valence-corrected chi connectivity index (χ4v) is 4.81. The summed E-state index contributed by atoms with van der Waals surface area (Å²) in [4.78, 5) is 22.1. The summed E-state index contributed by atoms with van der Waals surface area (Å²) in [6, 6.07) is 15.3. The second kappa shape index (κ2) is 10.0. The van der Waals surface area contributed by atoms with Gasteiger partial charge in [0.2, 0.25) is 5.43 Å². The highest BCUT2D eigenvalue weighted by molar-refractivity contribution is 5.98. The van der Waals surface area contributed by atoms with E-state index in [9.17, 15) is 22.4 Å². The fraction of sp³-hybridized carbons (Fsp3) is 0.103. The second-order valence-corrected chi connectivity index (χ2v) is 9.10. The van der Waals surface area contributed by atoms with Crippen LogP contribution in [0.4, 0.5) is 23.4 Å². The number of hydrogen-bond acceptors (Lipinski definition) is 7. The highest BCUT2D eigenvalue weighted by atomic mass is 19.3. The molecule has 12 heteroatoms. The lowest BCUT2D eigenvalue weighted by Crippen LogP contribution is -2.17. The molecular weight excluding hydrogens is 542 g/mol. The smallest absolute Gasteiger partial charge is 0.387 e. The molecule has 1 atom stereocenters. The molecule has 3 heterocycles. The lowest BCUT2D eigenvalue weighted by atomic mass is 9.99. The molecule has 206 valence electrons. The van der Waals surface area contributed by atoms with Crippen molar-refractivity contribution in [2.24, 2.45) is 0 Å². The van der Waals surface area contributed by atoms with E-state index in [1.807, 2.05) is 0 Å². The molecule has 0 aliphatic heterocycles. The minimum atomic E-state index is -3.20. The van der Waals surface area contributed by atoms with Crippen molar-refractivity contribution in [3.63, 3.8) is 0 Å². The topological polar surface area (TPSA) is 109 Å². The molecule has 0 saturated carbocycles. The van der Waals surface area contributed by atoms with E-state index in [0.717, 1.165) is 12.1 Å². The van der Waals surface area contributed by atoms with Crippen molar-refractivity contribution in [3.05, 3.63) is 101 Å². The van der Waals surface area contributed by atoms with Gasteiger partial charge in [0.25, 0.3) is 0 Å². The Labute approximate surface area is 228 Å². The lowest BCUT2D eigenvalue weighted by Gasteiger charge is -2.17. The van der Waals surface area contributed by atoms with Gasteiger partial charge >= 0.3 is 6.61 Å². The molecular formula is C29H19F4N5O3. The Bertz CT molecular complexity index is 1990. The maximum Gasteiger partial charge on any atom is 0.387 e. The summed E-state index contributed by atoms with van der Waals surface area (Å²) in [5.41, 5.74) is 6.85. The quantitative estimate of drug-likeness (QED) is 0.237. The van der Waals surface area contributed by atoms with Crippen molar-refractivity contribution in [2.45, 2.75) is 19.6 Å². The number of aromatic nitrogens is 4. The Morgan fingerprint density at radius 3 is 2.44 bits per heavy atom. The van der Waals surface area contributed by atoms with Gasteiger partial charge in [0.05, 0.1) is 10.9 Å². The van der Waals surface area contributed by atoms with Crippen molar-refractivity contribution in [1.29, 1.82) is 0 Å². The first-order chi connectivity index (χ1) is 19.7. The van der Waals surface area contributed by atoms with Gasteiger partial charge in [0, 0.05) is 5.56 Å². The molecule has 0 aliphatic rings. The van der Waals surface area contributed by atoms with Crippen LogP contribution in [0.5, 0.6) is 5.75 Å². The van der Waals surface area contributed by atoms with E-state index in [0.29, 0.717) is 5.56 Å². The predicted molar refractivity (Wildman–Crippen MR) is 143 cm³/mol. The third kappa shape index (κ3) is 4.42. The molecule has 0 spiro atoms. The van der Waals surface area contributed by atoms with Crippen molar-refractivity contribution >= 4 is 27.8 Å². The number of nitrogen functional groups attached to an aromatic ring is 1. The van der Waals surface area contributed by atoms with Crippen LogP contribution in [0.3, 0.4) is 0 Å². The van der Waals surface area contributed by atoms with E-state index < -0.39 is 35.5 Å². The summed E-state index contributed by atoms with van der Waals surface area (Å²) in [5.74, 6) is -2.20. The van der Waals surface area contributed by atoms with Crippen LogP contribution in [-0.4, -0.2) is 26.4 Å². The minimum absolute atomic E-state index is 0.0297. The van der Waals surface area contributed by atoms with Gasteiger partial charge in [0.15, 0.2) is 17.2 Å². The van der Waals surface area contributed by atoms with E-state index in [1.165, 1.54) is 35.3 Å². The Kier molecular flexibility index (Phi) is 6.37. The molecule has 3 aromatic heterocycles. The third-order valence-corrected chi connectivity index (χ3v) is 6.64. The maximum absolute atomic E-state index is 14.8. The van der Waals surface area contributed by atoms with Crippen molar-refractivity contribution < 1.29 is 26.7 Å². The minimum Gasteiger partial charge on any atom is -0.458 e. The SMILES string of the molecule is CC(c1oc2cccc(F)c2c(=O)c1-c1ccccc1)n1nc(-c2ccc(OC(F)F)c(F)c2)c2c(N)ncnc21. The molecule has 3 aromatic carbocycles. The van der Waals surface area contributed by atoms with E-state index in [-0.39, 0.29) is 50.4 Å². The summed E-state index contributed by atoms with van der Waals surface area (Å²) >= 11 is 0. The summed E-state index contributed by atoms with van der Waals surface area (Å²) in [6.07, 6.45) is 1.22. The number of hydrogen-bond donors (Lipinski definition) is 1. The molecule has 6 aromatic rings. The number of alkyl halides is 2. The molecule has 0 amide bonds. The molecule has 0 saturated heterocycles. The molecule has 6 rings (SSSR count). The van der Waals surface area contributed by atoms with Crippen LogP contribution in [0, 0.1) is 11.6 Å². The highest BCUT2D eigenvalue weighted by Crippen LogP contribution is 2.37. The van der Waals surface area contributed by atoms with Gasteiger partial charge < -0.3 is 14.9 Å². The van der Waals surface area contributed by atoms with E-state index in [2.05, 4.69) is 19.8 Å². The Balaban J connectivity index is 1.59. The number of nitrogens with two attached hydrogens (primary N) is 1. The zero-order valence-corrected chi connectivity index (χ0v) is 21.2. The number of nitrogens with zero attached hydrogens (tertiary/aromatic N) is 4. The van der Waals surface area contributed by atoms with Gasteiger partial charge in [0.1, 0.15) is 46.4 Å². The number of halogens is 4. The number of anilines is 1. The summed E-state index contributed by atoms with van der Waals surface area (Å²) < 4.78 is 66.6. The van der Waals surface area contributed by atoms with Crippen LogP contribution in [-0.2, 0) is 0 Å². The average molecular weight is 561 g/mol. The lowest BCUT2D eigenvalue weighted by molar-refractivity contribution is -0.0521. The van der Waals surface area contributed by atoms with Gasteiger partial charge in [-0.3, -0.25) is 4.79 Å². The Hall–Kier alpha value is -5.26. The number of ether oxygens (including phenoxy) is 1. The highest BCUT2D eigenvalue weighted by Gasteiger charge is 2.28. The molecule has 1 unspecified atom stereocenters. The van der Waals surface area contributed by atoms with Crippen LogP contribution in [0.25, 0.3) is 44.4 Å². The first-order valence-electron chi connectivity index (χ1n) is 12.3. The van der Waals surface area contributed by atoms with E-state index >= 15 is 0 Å². The van der Waals surface area contributed by atoms with Gasteiger partial charge in [-0.1, -0.05) is 36.4 Å². The van der Waals surface area contributed by atoms with Gasteiger partial charge in [-0.2, -0.15) is 13.9 Å². The molecule has 2 N–H and O–H groups in total. The number of rotatable bonds is 6. The first kappa shape index (κ1) is 26.0. The van der Waals surface area contributed by atoms with Crippen molar-refractivity contribution in [2.75, 3.05) is 5.73 Å². The van der Waals surface area contributed by atoms with E-state index in [4.69, 9.17) is 10.2 Å². The van der Waals surface area contributed by atoms with Gasteiger partial charge in [-0.15, -0.1) is 0 Å². The van der Waals surface area contributed by atoms with Crippen LogP contribution in [0.15, 0.2) is 82.3 Å². The van der Waals surface area contributed by atoms with Gasteiger partial charge in [-0.25, -0.2) is 23.4 Å². The molecule has 0 bridgehead atoms. The standard InChI is InChI=1S/C29H19F4N5O3/c1-14(26-21(15-6-3-2-4-7-15)25(39)22-17(30)8-5-9-20(22)40-26)38-28-23(27(34)35-13-36-28)24(37-38)16-10-11-19(18(31)12-16)41-29(32)33/h2-14,29H,1H3,(H2,34,35,36).